The van der Waals surface area contributed by atoms with E-state index < -0.39 is 10.0 Å². The summed E-state index contributed by atoms with van der Waals surface area (Å²) in [6.45, 7) is 1.80. The third-order valence-corrected chi connectivity index (χ3v) is 4.91. The van der Waals surface area contributed by atoms with E-state index in [-0.39, 0.29) is 15.9 Å². The van der Waals surface area contributed by atoms with E-state index >= 15 is 0 Å². The van der Waals surface area contributed by atoms with Gasteiger partial charge in [-0.25, -0.2) is 18.1 Å². The summed E-state index contributed by atoms with van der Waals surface area (Å²) in [5.74, 6) is 0.494. The minimum Gasteiger partial charge on any atom is -0.337 e. The van der Waals surface area contributed by atoms with Crippen molar-refractivity contribution in [3.63, 3.8) is 0 Å². The second-order valence-corrected chi connectivity index (χ2v) is 6.69. The predicted octanol–water partition coefficient (Wildman–Crippen LogP) is 2.71. The molecule has 0 saturated heterocycles. The van der Waals surface area contributed by atoms with Gasteiger partial charge in [-0.15, -0.1) is 0 Å². The van der Waals surface area contributed by atoms with Crippen LogP contribution in [0.15, 0.2) is 27.7 Å². The van der Waals surface area contributed by atoms with Crippen LogP contribution in [-0.2, 0) is 10.0 Å². The Balaban J connectivity index is 1.97. The molecular formula is C12H12ClN3O3S. The molecule has 2 heterocycles. The van der Waals surface area contributed by atoms with Gasteiger partial charge in [0, 0.05) is 11.8 Å². The molecule has 1 aliphatic rings. The SMILES string of the molecule is Cc1noc(NS(=O)(=O)c2cccnc2Cl)c1C1CC1. The number of rotatable bonds is 4. The molecule has 0 amide bonds. The first kappa shape index (κ1) is 13.4. The second kappa shape index (κ2) is 4.75. The van der Waals surface area contributed by atoms with Crippen LogP contribution in [-0.4, -0.2) is 18.6 Å². The van der Waals surface area contributed by atoms with E-state index in [0.717, 1.165) is 18.4 Å². The lowest BCUT2D eigenvalue weighted by molar-refractivity contribution is 0.430. The molecule has 0 bridgehead atoms. The third kappa shape index (κ3) is 2.38. The van der Waals surface area contributed by atoms with Crippen molar-refractivity contribution in [1.82, 2.24) is 10.1 Å². The fraction of sp³-hybridized carbons (Fsp3) is 0.333. The smallest absolute Gasteiger partial charge is 0.267 e. The Morgan fingerprint density at radius 3 is 2.85 bits per heavy atom. The molecule has 1 N–H and O–H groups in total. The molecule has 0 spiro atoms. The highest BCUT2D eigenvalue weighted by Gasteiger charge is 2.33. The zero-order valence-corrected chi connectivity index (χ0v) is 12.2. The summed E-state index contributed by atoms with van der Waals surface area (Å²) < 4.78 is 32.1. The zero-order valence-electron chi connectivity index (χ0n) is 10.6. The number of anilines is 1. The largest absolute Gasteiger partial charge is 0.337 e. The van der Waals surface area contributed by atoms with E-state index in [1.165, 1.54) is 18.3 Å². The summed E-state index contributed by atoms with van der Waals surface area (Å²) in [5, 5.41) is 3.75. The number of aryl methyl sites for hydroxylation is 1. The molecule has 0 unspecified atom stereocenters. The molecule has 2 aromatic heterocycles. The van der Waals surface area contributed by atoms with Crippen molar-refractivity contribution in [2.75, 3.05) is 4.72 Å². The first-order valence-corrected chi connectivity index (χ1v) is 7.94. The Kier molecular flexibility index (Phi) is 3.18. The Labute approximate surface area is 121 Å². The predicted molar refractivity (Wildman–Crippen MR) is 73.3 cm³/mol. The number of pyridine rings is 1. The van der Waals surface area contributed by atoms with E-state index in [1.807, 2.05) is 0 Å². The number of hydrogen-bond acceptors (Lipinski definition) is 5. The summed E-state index contributed by atoms with van der Waals surface area (Å²) in [4.78, 5) is 3.68. The molecule has 1 aliphatic carbocycles. The highest BCUT2D eigenvalue weighted by Crippen LogP contribution is 2.45. The van der Waals surface area contributed by atoms with Gasteiger partial charge in [-0.3, -0.25) is 0 Å². The maximum atomic E-state index is 12.3. The Hall–Kier alpha value is -1.60. The van der Waals surface area contributed by atoms with Gasteiger partial charge in [-0.2, -0.15) is 0 Å². The minimum atomic E-state index is -3.84. The van der Waals surface area contributed by atoms with Crippen molar-refractivity contribution in [2.45, 2.75) is 30.6 Å². The van der Waals surface area contributed by atoms with Crippen LogP contribution in [0.2, 0.25) is 5.15 Å². The average molecular weight is 314 g/mol. The summed E-state index contributed by atoms with van der Waals surface area (Å²) in [6.07, 6.45) is 3.46. The van der Waals surface area contributed by atoms with Gasteiger partial charge in [0.15, 0.2) is 0 Å². The molecule has 0 radical (unpaired) electrons. The van der Waals surface area contributed by atoms with Gasteiger partial charge >= 0.3 is 0 Å². The molecule has 0 atom stereocenters. The van der Waals surface area contributed by atoms with E-state index in [2.05, 4.69) is 14.9 Å². The molecule has 2 aromatic rings. The van der Waals surface area contributed by atoms with Gasteiger partial charge in [0.25, 0.3) is 10.0 Å². The highest BCUT2D eigenvalue weighted by molar-refractivity contribution is 7.92. The van der Waals surface area contributed by atoms with Crippen molar-refractivity contribution in [3.05, 3.63) is 34.7 Å². The van der Waals surface area contributed by atoms with Crippen molar-refractivity contribution in [3.8, 4) is 0 Å². The molecule has 6 nitrogen and oxygen atoms in total. The van der Waals surface area contributed by atoms with Gasteiger partial charge in [0.05, 0.1) is 5.69 Å². The average Bonchev–Trinajstić information content (AvgIpc) is 3.15. The summed E-state index contributed by atoms with van der Waals surface area (Å²) in [6, 6.07) is 2.89. The molecule has 0 aliphatic heterocycles. The quantitative estimate of drug-likeness (QED) is 0.877. The Bertz CT molecular complexity index is 753. The molecule has 20 heavy (non-hydrogen) atoms. The number of sulfonamides is 1. The fourth-order valence-corrected chi connectivity index (χ4v) is 3.51. The second-order valence-electron chi connectivity index (χ2n) is 4.68. The first-order chi connectivity index (χ1) is 9.49. The number of halogens is 1. The van der Waals surface area contributed by atoms with Crippen LogP contribution in [0.3, 0.4) is 0 Å². The number of nitrogens with zero attached hydrogens (tertiary/aromatic N) is 2. The topological polar surface area (TPSA) is 85.1 Å². The monoisotopic (exact) mass is 313 g/mol. The summed E-state index contributed by atoms with van der Waals surface area (Å²) >= 11 is 5.82. The zero-order chi connectivity index (χ0) is 14.3. The standard InChI is InChI=1S/C12H12ClN3O3S/c1-7-10(8-4-5-8)12(19-15-7)16-20(17,18)9-3-2-6-14-11(9)13/h2-3,6,8,16H,4-5H2,1H3. The molecule has 106 valence electrons. The molecule has 1 fully saturated rings. The van der Waals surface area contributed by atoms with Crippen LogP contribution in [0.25, 0.3) is 0 Å². The van der Waals surface area contributed by atoms with Crippen LogP contribution in [0.5, 0.6) is 0 Å². The lowest BCUT2D eigenvalue weighted by Gasteiger charge is -2.07. The number of aromatic nitrogens is 2. The maximum absolute atomic E-state index is 12.3. The Morgan fingerprint density at radius 1 is 1.45 bits per heavy atom. The number of nitrogens with one attached hydrogen (secondary N) is 1. The van der Waals surface area contributed by atoms with Crippen molar-refractivity contribution in [2.24, 2.45) is 0 Å². The van der Waals surface area contributed by atoms with Gasteiger partial charge in [0.2, 0.25) is 5.88 Å². The number of hydrogen-bond donors (Lipinski definition) is 1. The Morgan fingerprint density at radius 2 is 2.20 bits per heavy atom. The van der Waals surface area contributed by atoms with E-state index in [0.29, 0.717) is 11.6 Å². The summed E-state index contributed by atoms with van der Waals surface area (Å²) in [5.41, 5.74) is 1.54. The van der Waals surface area contributed by atoms with Crippen LogP contribution in [0, 0.1) is 6.92 Å². The molecule has 3 rings (SSSR count). The van der Waals surface area contributed by atoms with Gasteiger partial charge < -0.3 is 4.52 Å². The van der Waals surface area contributed by atoms with Crippen molar-refractivity contribution < 1.29 is 12.9 Å². The van der Waals surface area contributed by atoms with Crippen LogP contribution < -0.4 is 4.72 Å². The minimum absolute atomic E-state index is 0.0794. The normalized spacial score (nSPS) is 15.3. The first-order valence-electron chi connectivity index (χ1n) is 6.08. The van der Waals surface area contributed by atoms with Crippen LogP contribution >= 0.6 is 11.6 Å². The highest BCUT2D eigenvalue weighted by atomic mass is 35.5. The maximum Gasteiger partial charge on any atom is 0.267 e. The lowest BCUT2D eigenvalue weighted by atomic mass is 10.1. The lowest BCUT2D eigenvalue weighted by Crippen LogP contribution is -2.14. The van der Waals surface area contributed by atoms with Gasteiger partial charge in [0.1, 0.15) is 10.0 Å². The molecule has 0 aromatic carbocycles. The van der Waals surface area contributed by atoms with Crippen molar-refractivity contribution >= 4 is 27.5 Å². The van der Waals surface area contributed by atoms with E-state index in [9.17, 15) is 8.42 Å². The van der Waals surface area contributed by atoms with E-state index in [4.69, 9.17) is 16.1 Å². The van der Waals surface area contributed by atoms with Crippen LogP contribution in [0.1, 0.15) is 30.0 Å². The molecular weight excluding hydrogens is 302 g/mol. The molecule has 1 saturated carbocycles. The van der Waals surface area contributed by atoms with Crippen LogP contribution in [0.4, 0.5) is 5.88 Å². The van der Waals surface area contributed by atoms with Crippen molar-refractivity contribution in [1.29, 1.82) is 0 Å². The summed E-state index contributed by atoms with van der Waals surface area (Å²) in [7, 11) is -3.84. The van der Waals surface area contributed by atoms with Gasteiger partial charge in [-0.1, -0.05) is 16.8 Å². The molecule has 8 heteroatoms. The third-order valence-electron chi connectivity index (χ3n) is 3.14. The fourth-order valence-electron chi connectivity index (χ4n) is 2.05. The van der Waals surface area contributed by atoms with E-state index in [1.54, 1.807) is 6.92 Å². The van der Waals surface area contributed by atoms with Gasteiger partial charge in [-0.05, 0) is 37.8 Å².